The lowest BCUT2D eigenvalue weighted by molar-refractivity contribution is 0.301. The van der Waals surface area contributed by atoms with Crippen LogP contribution < -0.4 is 15.4 Å². The molecule has 28 heavy (non-hydrogen) atoms. The summed E-state index contributed by atoms with van der Waals surface area (Å²) in [5.41, 5.74) is 2.07. The number of aryl methyl sites for hydroxylation is 1. The molecule has 0 fully saturated rings. The Morgan fingerprint density at radius 3 is 2.68 bits per heavy atom. The topological polar surface area (TPSA) is 76.4 Å². The first-order chi connectivity index (χ1) is 13.8. The van der Waals surface area contributed by atoms with Gasteiger partial charge in [0.05, 0.1) is 5.69 Å². The molecule has 146 valence electrons. The molecule has 0 aliphatic rings. The summed E-state index contributed by atoms with van der Waals surface area (Å²) in [6.07, 6.45) is 6.51. The van der Waals surface area contributed by atoms with E-state index in [4.69, 9.17) is 4.74 Å². The maximum Gasteiger partial charge on any atom is 0.191 e. The zero-order valence-electron chi connectivity index (χ0n) is 16.1. The zero-order chi connectivity index (χ0) is 19.4. The van der Waals surface area contributed by atoms with Crippen molar-refractivity contribution in [2.75, 3.05) is 13.6 Å². The summed E-state index contributed by atoms with van der Waals surface area (Å²) in [6.45, 7) is 2.88. The largest absolute Gasteiger partial charge is 0.487 e. The third-order valence-corrected chi connectivity index (χ3v) is 4.14. The molecule has 0 bridgehead atoms. The van der Waals surface area contributed by atoms with Crippen molar-refractivity contribution in [1.29, 1.82) is 0 Å². The Balaban J connectivity index is 1.36. The summed E-state index contributed by atoms with van der Waals surface area (Å²) in [5, 5.41) is 10.8. The van der Waals surface area contributed by atoms with Crippen molar-refractivity contribution < 1.29 is 4.74 Å². The van der Waals surface area contributed by atoms with Crippen molar-refractivity contribution >= 4 is 5.96 Å². The highest BCUT2D eigenvalue weighted by molar-refractivity contribution is 5.79. The molecule has 0 saturated heterocycles. The Hall–Kier alpha value is -3.35. The van der Waals surface area contributed by atoms with Crippen molar-refractivity contribution in [3.63, 3.8) is 0 Å². The Labute approximate surface area is 165 Å². The summed E-state index contributed by atoms with van der Waals surface area (Å²) in [5.74, 6) is 1.62. The van der Waals surface area contributed by atoms with Gasteiger partial charge >= 0.3 is 0 Å². The SMILES string of the molecule is CN=C(NCCCn1cccn1)NCc1ccc(OCc2ccccn2)cc1. The Morgan fingerprint density at radius 1 is 1.07 bits per heavy atom. The van der Waals surface area contributed by atoms with E-state index in [9.17, 15) is 0 Å². The number of benzene rings is 1. The van der Waals surface area contributed by atoms with E-state index in [1.165, 1.54) is 0 Å². The number of guanidine groups is 1. The fourth-order valence-electron chi connectivity index (χ4n) is 2.63. The van der Waals surface area contributed by atoms with E-state index in [1.807, 2.05) is 59.4 Å². The summed E-state index contributed by atoms with van der Waals surface area (Å²) in [4.78, 5) is 8.51. The number of aliphatic imine (C=N–C) groups is 1. The summed E-state index contributed by atoms with van der Waals surface area (Å²) >= 11 is 0. The van der Waals surface area contributed by atoms with Gasteiger partial charge in [-0.15, -0.1) is 0 Å². The molecule has 0 aliphatic heterocycles. The van der Waals surface area contributed by atoms with Gasteiger partial charge in [-0.1, -0.05) is 18.2 Å². The van der Waals surface area contributed by atoms with E-state index in [0.29, 0.717) is 13.2 Å². The number of nitrogens with zero attached hydrogens (tertiary/aromatic N) is 4. The van der Waals surface area contributed by atoms with Crippen LogP contribution in [0.4, 0.5) is 0 Å². The highest BCUT2D eigenvalue weighted by Crippen LogP contribution is 2.13. The van der Waals surface area contributed by atoms with Crippen LogP contribution in [0.25, 0.3) is 0 Å². The molecule has 2 N–H and O–H groups in total. The van der Waals surface area contributed by atoms with Crippen LogP contribution in [0.15, 0.2) is 72.1 Å². The molecular weight excluding hydrogens is 352 g/mol. The first-order valence-corrected chi connectivity index (χ1v) is 9.37. The fraction of sp³-hybridized carbons (Fsp3) is 0.286. The number of nitrogens with one attached hydrogen (secondary N) is 2. The minimum absolute atomic E-state index is 0.466. The minimum atomic E-state index is 0.466. The van der Waals surface area contributed by atoms with Crippen molar-refractivity contribution in [2.24, 2.45) is 4.99 Å². The first-order valence-electron chi connectivity index (χ1n) is 9.37. The van der Waals surface area contributed by atoms with Gasteiger partial charge in [-0.3, -0.25) is 14.7 Å². The smallest absolute Gasteiger partial charge is 0.191 e. The Morgan fingerprint density at radius 2 is 1.96 bits per heavy atom. The lowest BCUT2D eigenvalue weighted by atomic mass is 10.2. The van der Waals surface area contributed by atoms with Gasteiger partial charge < -0.3 is 15.4 Å². The molecule has 0 atom stereocenters. The highest BCUT2D eigenvalue weighted by atomic mass is 16.5. The highest BCUT2D eigenvalue weighted by Gasteiger charge is 2.01. The van der Waals surface area contributed by atoms with Crippen LogP contribution in [0.2, 0.25) is 0 Å². The van der Waals surface area contributed by atoms with Crippen LogP contribution in [-0.2, 0) is 19.7 Å². The Bertz CT molecular complexity index is 831. The molecule has 2 heterocycles. The molecule has 1 aromatic carbocycles. The molecule has 0 saturated carbocycles. The fourth-order valence-corrected chi connectivity index (χ4v) is 2.63. The standard InChI is InChI=1S/C21H26N6O/c1-22-21(24-12-4-14-27-15-5-13-26-27)25-16-18-7-9-20(10-8-18)28-17-19-6-2-3-11-23-19/h2-3,5-11,13,15H,4,12,14,16-17H2,1H3,(H2,22,24,25). The number of hydrogen-bond donors (Lipinski definition) is 2. The van der Waals surface area contributed by atoms with Crippen LogP contribution in [-0.4, -0.2) is 34.3 Å². The number of pyridine rings is 1. The van der Waals surface area contributed by atoms with Crippen LogP contribution in [0.1, 0.15) is 17.7 Å². The molecule has 2 aromatic heterocycles. The van der Waals surface area contributed by atoms with Crippen LogP contribution >= 0.6 is 0 Å². The van der Waals surface area contributed by atoms with Gasteiger partial charge in [-0.2, -0.15) is 5.10 Å². The quantitative estimate of drug-likeness (QED) is 0.340. The van der Waals surface area contributed by atoms with E-state index in [2.05, 4.69) is 25.7 Å². The molecular formula is C21H26N6O. The van der Waals surface area contributed by atoms with Crippen molar-refractivity contribution in [1.82, 2.24) is 25.4 Å². The van der Waals surface area contributed by atoms with E-state index < -0.39 is 0 Å². The molecule has 0 aliphatic carbocycles. The monoisotopic (exact) mass is 378 g/mol. The van der Waals surface area contributed by atoms with E-state index >= 15 is 0 Å². The van der Waals surface area contributed by atoms with Gasteiger partial charge in [0.25, 0.3) is 0 Å². The van der Waals surface area contributed by atoms with Crippen LogP contribution in [0, 0.1) is 0 Å². The molecule has 3 aromatic rings. The predicted molar refractivity (Wildman–Crippen MR) is 110 cm³/mol. The van der Waals surface area contributed by atoms with Gasteiger partial charge in [-0.25, -0.2) is 0 Å². The zero-order valence-corrected chi connectivity index (χ0v) is 16.1. The molecule has 0 radical (unpaired) electrons. The second-order valence-electron chi connectivity index (χ2n) is 6.23. The molecule has 0 amide bonds. The number of rotatable bonds is 9. The van der Waals surface area contributed by atoms with Gasteiger partial charge in [0.15, 0.2) is 5.96 Å². The van der Waals surface area contributed by atoms with Gasteiger partial charge in [0, 0.05) is 45.3 Å². The normalized spacial score (nSPS) is 11.2. The van der Waals surface area contributed by atoms with E-state index in [0.717, 1.165) is 42.5 Å². The summed E-state index contributed by atoms with van der Waals surface area (Å²) in [6, 6.07) is 15.8. The number of aromatic nitrogens is 3. The van der Waals surface area contributed by atoms with Gasteiger partial charge in [0.2, 0.25) is 0 Å². The third-order valence-electron chi connectivity index (χ3n) is 4.14. The molecule has 7 heteroatoms. The molecule has 0 spiro atoms. The van der Waals surface area contributed by atoms with Crippen molar-refractivity contribution in [2.45, 2.75) is 26.1 Å². The number of hydrogen-bond acceptors (Lipinski definition) is 4. The van der Waals surface area contributed by atoms with Crippen molar-refractivity contribution in [3.05, 3.63) is 78.4 Å². The number of ether oxygens (including phenoxy) is 1. The maximum atomic E-state index is 5.76. The van der Waals surface area contributed by atoms with Crippen molar-refractivity contribution in [3.8, 4) is 5.75 Å². The maximum absolute atomic E-state index is 5.76. The summed E-state index contributed by atoms with van der Waals surface area (Å²) < 4.78 is 7.69. The minimum Gasteiger partial charge on any atom is -0.487 e. The molecule has 7 nitrogen and oxygen atoms in total. The lowest BCUT2D eigenvalue weighted by Crippen LogP contribution is -2.37. The average Bonchev–Trinajstić information content (AvgIpc) is 3.27. The average molecular weight is 378 g/mol. The Kier molecular flexibility index (Phi) is 7.43. The molecule has 0 unspecified atom stereocenters. The van der Waals surface area contributed by atoms with Crippen LogP contribution in [0.3, 0.4) is 0 Å². The van der Waals surface area contributed by atoms with Crippen LogP contribution in [0.5, 0.6) is 5.75 Å². The van der Waals surface area contributed by atoms with Gasteiger partial charge in [-0.05, 0) is 42.3 Å². The second kappa shape index (κ2) is 10.7. The molecule has 3 rings (SSSR count). The van der Waals surface area contributed by atoms with E-state index in [1.54, 1.807) is 19.4 Å². The lowest BCUT2D eigenvalue weighted by Gasteiger charge is -2.12. The second-order valence-corrected chi connectivity index (χ2v) is 6.23. The van der Waals surface area contributed by atoms with E-state index in [-0.39, 0.29) is 0 Å². The summed E-state index contributed by atoms with van der Waals surface area (Å²) in [7, 11) is 1.78. The van der Waals surface area contributed by atoms with Gasteiger partial charge in [0.1, 0.15) is 12.4 Å². The predicted octanol–water partition coefficient (Wildman–Crippen LogP) is 2.61. The third kappa shape index (κ3) is 6.42. The first kappa shape index (κ1) is 19.4.